The molecule has 0 bridgehead atoms. The Morgan fingerprint density at radius 1 is 0.767 bits per heavy atom. The Bertz CT molecular complexity index is 954. The SMILES string of the molecule is CCCCCCC=Nc1nnc(-c2ccc(OC)cc2)c(-c2ccc(OC)cc2)n1. The second-order valence-corrected chi connectivity index (χ2v) is 6.93. The Kier molecular flexibility index (Phi) is 7.89. The molecule has 0 unspecified atom stereocenters. The minimum atomic E-state index is 0.369. The van der Waals surface area contributed by atoms with Crippen LogP contribution in [0.2, 0.25) is 0 Å². The summed E-state index contributed by atoms with van der Waals surface area (Å²) in [4.78, 5) is 9.14. The molecule has 0 atom stereocenters. The molecule has 0 radical (unpaired) electrons. The van der Waals surface area contributed by atoms with Gasteiger partial charge in [0.2, 0.25) is 0 Å². The van der Waals surface area contributed by atoms with Crippen LogP contribution in [0.15, 0.2) is 53.5 Å². The van der Waals surface area contributed by atoms with Crippen LogP contribution in [0.4, 0.5) is 5.95 Å². The van der Waals surface area contributed by atoms with Gasteiger partial charge in [0.25, 0.3) is 5.95 Å². The molecule has 0 saturated heterocycles. The maximum Gasteiger partial charge on any atom is 0.269 e. The molecule has 0 amide bonds. The summed E-state index contributed by atoms with van der Waals surface area (Å²) in [5.41, 5.74) is 3.27. The smallest absolute Gasteiger partial charge is 0.269 e. The molecule has 1 heterocycles. The normalized spacial score (nSPS) is 11.0. The molecule has 0 fully saturated rings. The third-order valence-corrected chi connectivity index (χ3v) is 4.80. The molecule has 6 nitrogen and oxygen atoms in total. The minimum Gasteiger partial charge on any atom is -0.497 e. The maximum absolute atomic E-state index is 5.28. The largest absolute Gasteiger partial charge is 0.497 e. The molecule has 2 aromatic carbocycles. The monoisotopic (exact) mass is 404 g/mol. The Labute approximate surface area is 178 Å². The van der Waals surface area contributed by atoms with E-state index in [4.69, 9.17) is 14.5 Å². The van der Waals surface area contributed by atoms with E-state index in [9.17, 15) is 0 Å². The number of benzene rings is 2. The van der Waals surface area contributed by atoms with E-state index in [0.29, 0.717) is 11.6 Å². The van der Waals surface area contributed by atoms with Crippen molar-refractivity contribution >= 4 is 12.2 Å². The van der Waals surface area contributed by atoms with Gasteiger partial charge in [0.15, 0.2) is 0 Å². The van der Waals surface area contributed by atoms with Gasteiger partial charge in [-0.3, -0.25) is 0 Å². The van der Waals surface area contributed by atoms with E-state index in [1.165, 1.54) is 19.3 Å². The summed E-state index contributed by atoms with van der Waals surface area (Å²) in [5, 5.41) is 8.69. The molecule has 0 N–H and O–H groups in total. The van der Waals surface area contributed by atoms with Crippen molar-refractivity contribution < 1.29 is 9.47 Å². The molecule has 6 heteroatoms. The maximum atomic E-state index is 5.28. The van der Waals surface area contributed by atoms with Crippen molar-refractivity contribution in [1.82, 2.24) is 15.2 Å². The van der Waals surface area contributed by atoms with Crippen molar-refractivity contribution in [2.75, 3.05) is 14.2 Å². The lowest BCUT2D eigenvalue weighted by Gasteiger charge is -2.09. The topological polar surface area (TPSA) is 69.5 Å². The van der Waals surface area contributed by atoms with Crippen LogP contribution in [0, 0.1) is 0 Å². The number of aliphatic imine (C=N–C) groups is 1. The number of hydrogen-bond donors (Lipinski definition) is 0. The second-order valence-electron chi connectivity index (χ2n) is 6.93. The number of nitrogens with zero attached hydrogens (tertiary/aromatic N) is 4. The average molecular weight is 405 g/mol. The fraction of sp³-hybridized carbons (Fsp3) is 0.333. The summed E-state index contributed by atoms with van der Waals surface area (Å²) in [7, 11) is 3.30. The van der Waals surface area contributed by atoms with Crippen molar-refractivity contribution in [3.8, 4) is 34.0 Å². The van der Waals surface area contributed by atoms with Gasteiger partial charge in [0.05, 0.1) is 14.2 Å². The van der Waals surface area contributed by atoms with Gasteiger partial charge >= 0.3 is 0 Å². The summed E-state index contributed by atoms with van der Waals surface area (Å²) < 4.78 is 10.5. The zero-order valence-electron chi connectivity index (χ0n) is 17.8. The molecule has 0 aliphatic rings. The van der Waals surface area contributed by atoms with E-state index in [-0.39, 0.29) is 0 Å². The minimum absolute atomic E-state index is 0.369. The highest BCUT2D eigenvalue weighted by Gasteiger charge is 2.14. The third kappa shape index (κ3) is 5.63. The molecule has 156 valence electrons. The van der Waals surface area contributed by atoms with Crippen molar-refractivity contribution in [2.24, 2.45) is 4.99 Å². The van der Waals surface area contributed by atoms with Gasteiger partial charge < -0.3 is 9.47 Å². The van der Waals surface area contributed by atoms with Gasteiger partial charge in [-0.05, 0) is 61.4 Å². The van der Waals surface area contributed by atoms with Crippen LogP contribution in [-0.4, -0.2) is 35.6 Å². The van der Waals surface area contributed by atoms with Crippen LogP contribution in [-0.2, 0) is 0 Å². The fourth-order valence-corrected chi connectivity index (χ4v) is 3.07. The third-order valence-electron chi connectivity index (χ3n) is 4.80. The highest BCUT2D eigenvalue weighted by atomic mass is 16.5. The van der Waals surface area contributed by atoms with E-state index in [1.54, 1.807) is 14.2 Å². The summed E-state index contributed by atoms with van der Waals surface area (Å²) in [6.45, 7) is 2.21. The highest BCUT2D eigenvalue weighted by Crippen LogP contribution is 2.31. The predicted octanol–water partition coefficient (Wildman–Crippen LogP) is 5.90. The number of ether oxygens (including phenoxy) is 2. The molecule has 0 aliphatic carbocycles. The van der Waals surface area contributed by atoms with Crippen LogP contribution in [0.1, 0.15) is 39.0 Å². The Morgan fingerprint density at radius 3 is 1.93 bits per heavy atom. The first-order chi connectivity index (χ1) is 14.7. The first kappa shape index (κ1) is 21.4. The van der Waals surface area contributed by atoms with Gasteiger partial charge in [-0.25, -0.2) is 9.98 Å². The quantitative estimate of drug-likeness (QED) is 0.311. The van der Waals surface area contributed by atoms with Gasteiger partial charge in [0, 0.05) is 17.3 Å². The predicted molar refractivity (Wildman–Crippen MR) is 121 cm³/mol. The number of aromatic nitrogens is 3. The number of methoxy groups -OCH3 is 2. The molecule has 0 saturated carbocycles. The molecule has 3 aromatic rings. The Morgan fingerprint density at radius 2 is 1.37 bits per heavy atom. The van der Waals surface area contributed by atoms with Crippen molar-refractivity contribution in [1.29, 1.82) is 0 Å². The molecule has 30 heavy (non-hydrogen) atoms. The van der Waals surface area contributed by atoms with Crippen LogP contribution < -0.4 is 9.47 Å². The zero-order valence-corrected chi connectivity index (χ0v) is 17.8. The lowest BCUT2D eigenvalue weighted by molar-refractivity contribution is 0.414. The molecule has 0 aliphatic heterocycles. The Hall–Kier alpha value is -3.28. The van der Waals surface area contributed by atoms with Gasteiger partial charge in [0.1, 0.15) is 22.9 Å². The molecular formula is C24H28N4O2. The fourth-order valence-electron chi connectivity index (χ4n) is 3.07. The standard InChI is InChI=1S/C24H28N4O2/c1-4-5-6-7-8-17-25-24-26-22(18-9-13-20(29-2)14-10-18)23(27-28-24)19-11-15-21(30-3)16-12-19/h9-17H,4-8H2,1-3H3. The van der Waals surface area contributed by atoms with Gasteiger partial charge in [-0.1, -0.05) is 26.2 Å². The summed E-state index contributed by atoms with van der Waals surface area (Å²) in [5.74, 6) is 1.95. The zero-order chi connectivity index (χ0) is 21.2. The van der Waals surface area contributed by atoms with Crippen LogP contribution in [0.5, 0.6) is 11.5 Å². The number of rotatable bonds is 10. The lowest BCUT2D eigenvalue weighted by Crippen LogP contribution is -1.97. The molecule has 1 aromatic heterocycles. The second kappa shape index (κ2) is 11.0. The first-order valence-corrected chi connectivity index (χ1v) is 10.3. The molecule has 3 rings (SSSR count). The highest BCUT2D eigenvalue weighted by molar-refractivity contribution is 5.78. The number of hydrogen-bond acceptors (Lipinski definition) is 6. The van der Waals surface area contributed by atoms with E-state index >= 15 is 0 Å². The lowest BCUT2D eigenvalue weighted by atomic mass is 10.0. The summed E-state index contributed by atoms with van der Waals surface area (Å²) in [6, 6.07) is 15.5. The molecular weight excluding hydrogens is 376 g/mol. The number of unbranched alkanes of at least 4 members (excludes halogenated alkanes) is 4. The van der Waals surface area contributed by atoms with Crippen molar-refractivity contribution in [3.05, 3.63) is 48.5 Å². The summed E-state index contributed by atoms with van der Waals surface area (Å²) in [6.07, 6.45) is 7.63. The Balaban J connectivity index is 1.91. The summed E-state index contributed by atoms with van der Waals surface area (Å²) >= 11 is 0. The van der Waals surface area contributed by atoms with Crippen LogP contribution in [0.3, 0.4) is 0 Å². The van der Waals surface area contributed by atoms with E-state index < -0.39 is 0 Å². The van der Waals surface area contributed by atoms with Crippen LogP contribution >= 0.6 is 0 Å². The first-order valence-electron chi connectivity index (χ1n) is 10.3. The van der Waals surface area contributed by atoms with E-state index in [1.807, 2.05) is 54.7 Å². The van der Waals surface area contributed by atoms with Crippen molar-refractivity contribution in [2.45, 2.75) is 39.0 Å². The van der Waals surface area contributed by atoms with Gasteiger partial charge in [-0.2, -0.15) is 0 Å². The van der Waals surface area contributed by atoms with Crippen molar-refractivity contribution in [3.63, 3.8) is 0 Å². The van der Waals surface area contributed by atoms with E-state index in [0.717, 1.165) is 41.2 Å². The van der Waals surface area contributed by atoms with Gasteiger partial charge in [-0.15, -0.1) is 10.2 Å². The van der Waals surface area contributed by atoms with Crippen LogP contribution in [0.25, 0.3) is 22.5 Å². The average Bonchev–Trinajstić information content (AvgIpc) is 2.81. The molecule has 0 spiro atoms. The van der Waals surface area contributed by atoms with E-state index in [2.05, 4.69) is 22.1 Å².